The minimum atomic E-state index is -0.669. The molecule has 0 saturated carbocycles. The molecule has 2 aliphatic rings. The molecule has 2 heterocycles. The highest BCUT2D eigenvalue weighted by Crippen LogP contribution is 2.38. The van der Waals surface area contributed by atoms with Crippen LogP contribution in [0.2, 0.25) is 0 Å². The highest BCUT2D eigenvalue weighted by Gasteiger charge is 2.33. The number of ketones is 1. The van der Waals surface area contributed by atoms with E-state index in [9.17, 15) is 19.5 Å². The van der Waals surface area contributed by atoms with Gasteiger partial charge in [0.1, 0.15) is 18.1 Å². The molecule has 2 atom stereocenters. The van der Waals surface area contributed by atoms with Crippen LogP contribution in [-0.4, -0.2) is 74.1 Å². The van der Waals surface area contributed by atoms with Gasteiger partial charge in [-0.05, 0) is 40.6 Å². The minimum Gasteiger partial charge on any atom is -0.394 e. The molecule has 39 heavy (non-hydrogen) atoms. The molecular formula is C30H32FN3O5. The van der Waals surface area contributed by atoms with Crippen molar-refractivity contribution in [1.82, 2.24) is 10.2 Å². The lowest BCUT2D eigenvalue weighted by atomic mass is 9.89. The van der Waals surface area contributed by atoms with Crippen molar-refractivity contribution in [2.45, 2.75) is 31.3 Å². The predicted octanol–water partition coefficient (Wildman–Crippen LogP) is 2.99. The molecule has 204 valence electrons. The topological polar surface area (TPSA) is 99.2 Å². The number of rotatable bonds is 10. The molecule has 1 saturated heterocycles. The monoisotopic (exact) mass is 533 g/mol. The van der Waals surface area contributed by atoms with Crippen molar-refractivity contribution < 1.29 is 28.6 Å². The molecule has 0 bridgehead atoms. The highest BCUT2D eigenvalue weighted by molar-refractivity contribution is 6.18. The number of benzene rings is 3. The Morgan fingerprint density at radius 3 is 2.72 bits per heavy atom. The number of Topliss-reactive ketones (excluding diaryl/α,β-unsaturated/α-hetero) is 1. The van der Waals surface area contributed by atoms with E-state index in [1.807, 2.05) is 35.2 Å². The van der Waals surface area contributed by atoms with E-state index in [1.165, 1.54) is 13.1 Å². The molecule has 8 nitrogen and oxygen atoms in total. The number of nitrogens with one attached hydrogen (secondary N) is 1. The quantitative estimate of drug-likeness (QED) is 0.387. The van der Waals surface area contributed by atoms with Crippen LogP contribution in [0.5, 0.6) is 0 Å². The summed E-state index contributed by atoms with van der Waals surface area (Å²) in [6.07, 6.45) is 1.57. The van der Waals surface area contributed by atoms with Crippen molar-refractivity contribution >= 4 is 34.4 Å². The Hall–Kier alpha value is -3.66. The summed E-state index contributed by atoms with van der Waals surface area (Å²) in [5, 5.41) is 14.1. The number of aliphatic hydroxyl groups is 1. The zero-order valence-electron chi connectivity index (χ0n) is 21.9. The molecule has 2 N–H and O–H groups in total. The van der Waals surface area contributed by atoms with Crippen LogP contribution in [0.25, 0.3) is 10.8 Å². The van der Waals surface area contributed by atoms with Gasteiger partial charge in [0.25, 0.3) is 0 Å². The molecule has 3 aromatic rings. The van der Waals surface area contributed by atoms with Gasteiger partial charge in [-0.25, -0.2) is 4.39 Å². The van der Waals surface area contributed by atoms with Crippen LogP contribution in [0.1, 0.15) is 45.9 Å². The van der Waals surface area contributed by atoms with Gasteiger partial charge in [-0.15, -0.1) is 0 Å². The molecule has 2 unspecified atom stereocenters. The second-order valence-corrected chi connectivity index (χ2v) is 9.97. The summed E-state index contributed by atoms with van der Waals surface area (Å²) in [5.74, 6) is -0.732. The number of aldehydes is 1. The molecule has 0 radical (unpaired) electrons. The van der Waals surface area contributed by atoms with E-state index < -0.39 is 6.04 Å². The van der Waals surface area contributed by atoms with Gasteiger partial charge in [0.15, 0.2) is 5.78 Å². The normalized spacial score (nSPS) is 16.9. The summed E-state index contributed by atoms with van der Waals surface area (Å²) < 4.78 is 20.8. The molecule has 1 fully saturated rings. The fraction of sp³-hybridized carbons (Fsp3) is 0.367. The van der Waals surface area contributed by atoms with Gasteiger partial charge in [-0.2, -0.15) is 0 Å². The Morgan fingerprint density at radius 1 is 1.21 bits per heavy atom. The number of hydrogen-bond acceptors (Lipinski definition) is 7. The lowest BCUT2D eigenvalue weighted by Gasteiger charge is -2.36. The predicted molar refractivity (Wildman–Crippen MR) is 145 cm³/mol. The van der Waals surface area contributed by atoms with Gasteiger partial charge in [0, 0.05) is 43.1 Å². The van der Waals surface area contributed by atoms with Crippen molar-refractivity contribution in [2.24, 2.45) is 0 Å². The van der Waals surface area contributed by atoms with E-state index in [0.717, 1.165) is 28.3 Å². The SMILES string of the molecule is CNC(=O)C(CCC=O)N1CC(=O)c2cccc3c(Cc4ccc(C(CO)N5CCOC5)cc4F)ccc1c23. The molecule has 5 rings (SSSR count). The van der Waals surface area contributed by atoms with Gasteiger partial charge < -0.3 is 24.9 Å². The van der Waals surface area contributed by atoms with E-state index in [4.69, 9.17) is 4.74 Å². The molecule has 9 heteroatoms. The van der Waals surface area contributed by atoms with Crippen LogP contribution in [0.4, 0.5) is 10.1 Å². The third-order valence-electron chi connectivity index (χ3n) is 7.75. The van der Waals surface area contributed by atoms with Crippen molar-refractivity contribution in [3.8, 4) is 0 Å². The Morgan fingerprint density at radius 2 is 2.03 bits per heavy atom. The summed E-state index contributed by atoms with van der Waals surface area (Å²) >= 11 is 0. The second-order valence-electron chi connectivity index (χ2n) is 9.97. The number of hydrogen-bond donors (Lipinski definition) is 2. The first-order valence-corrected chi connectivity index (χ1v) is 13.2. The maximum Gasteiger partial charge on any atom is 0.242 e. The summed E-state index contributed by atoms with van der Waals surface area (Å²) in [6, 6.07) is 13.4. The van der Waals surface area contributed by atoms with Gasteiger partial charge in [0.05, 0.1) is 32.5 Å². The van der Waals surface area contributed by atoms with Gasteiger partial charge in [-0.3, -0.25) is 14.5 Å². The summed E-state index contributed by atoms with van der Waals surface area (Å²) in [7, 11) is 1.54. The highest BCUT2D eigenvalue weighted by atomic mass is 19.1. The smallest absolute Gasteiger partial charge is 0.242 e. The van der Waals surface area contributed by atoms with E-state index in [1.54, 1.807) is 17.0 Å². The minimum absolute atomic E-state index is 0.0343. The molecule has 1 amide bonds. The average Bonchev–Trinajstić information content (AvgIpc) is 3.48. The van der Waals surface area contributed by atoms with E-state index in [-0.39, 0.29) is 49.5 Å². The first-order chi connectivity index (χ1) is 19.0. The number of anilines is 1. The lowest BCUT2D eigenvalue weighted by Crippen LogP contribution is -2.49. The number of likely N-dealkylation sites (N-methyl/N-ethyl adjacent to an activating group) is 1. The molecule has 3 aromatic carbocycles. The third kappa shape index (κ3) is 5.17. The number of amides is 1. The number of nitrogens with zero attached hydrogens (tertiary/aromatic N) is 2. The fourth-order valence-corrected chi connectivity index (χ4v) is 5.72. The van der Waals surface area contributed by atoms with Crippen molar-refractivity contribution in [2.75, 3.05) is 45.0 Å². The van der Waals surface area contributed by atoms with Crippen molar-refractivity contribution in [1.29, 1.82) is 0 Å². The van der Waals surface area contributed by atoms with Crippen LogP contribution in [-0.2, 0) is 20.7 Å². The first-order valence-electron chi connectivity index (χ1n) is 13.2. The molecular weight excluding hydrogens is 501 g/mol. The van der Waals surface area contributed by atoms with E-state index in [2.05, 4.69) is 5.32 Å². The van der Waals surface area contributed by atoms with Crippen molar-refractivity contribution in [3.63, 3.8) is 0 Å². The fourth-order valence-electron chi connectivity index (χ4n) is 5.72. The number of carbonyl (C=O) groups is 3. The summed E-state index contributed by atoms with van der Waals surface area (Å²) in [5.41, 5.74) is 3.37. The maximum atomic E-state index is 15.4. The molecule has 0 aromatic heterocycles. The largest absolute Gasteiger partial charge is 0.394 e. The van der Waals surface area contributed by atoms with Crippen LogP contribution in [0.3, 0.4) is 0 Å². The third-order valence-corrected chi connectivity index (χ3v) is 7.75. The van der Waals surface area contributed by atoms with Gasteiger partial charge in [0.2, 0.25) is 5.91 Å². The van der Waals surface area contributed by atoms with E-state index >= 15 is 4.39 Å². The number of ether oxygens (including phenoxy) is 1. The lowest BCUT2D eigenvalue weighted by molar-refractivity contribution is -0.122. The standard InChI is InChI=1S/C30H32FN3O5/c1-32-30(38)26(6-3-12-35)34-16-28(37)23-5-2-4-22-19(9-10-25(34)29(22)23)14-20-7-8-21(15-24(20)31)27(17-36)33-11-13-39-18-33/h2,4-5,7-10,12,15,26-27,36H,3,6,11,13-14,16-18H2,1H3,(H,32,38). The van der Waals surface area contributed by atoms with Gasteiger partial charge in [-0.1, -0.05) is 36.4 Å². The Kier molecular flexibility index (Phi) is 8.02. The molecule has 0 aliphatic carbocycles. The van der Waals surface area contributed by atoms with Crippen LogP contribution < -0.4 is 10.2 Å². The Bertz CT molecular complexity index is 1400. The Balaban J connectivity index is 1.51. The zero-order valence-corrected chi connectivity index (χ0v) is 21.9. The number of carbonyl (C=O) groups excluding carboxylic acids is 3. The average molecular weight is 534 g/mol. The van der Waals surface area contributed by atoms with Crippen molar-refractivity contribution in [3.05, 3.63) is 76.6 Å². The maximum absolute atomic E-state index is 15.4. The van der Waals surface area contributed by atoms with Crippen LogP contribution in [0, 0.1) is 5.82 Å². The summed E-state index contributed by atoms with van der Waals surface area (Å²) in [6.45, 7) is 1.57. The second kappa shape index (κ2) is 11.6. The summed E-state index contributed by atoms with van der Waals surface area (Å²) in [4.78, 5) is 40.8. The van der Waals surface area contributed by atoms with Crippen LogP contribution in [0.15, 0.2) is 48.5 Å². The number of halogens is 1. The van der Waals surface area contributed by atoms with Gasteiger partial charge >= 0.3 is 0 Å². The first kappa shape index (κ1) is 26.9. The molecule has 0 spiro atoms. The molecule has 2 aliphatic heterocycles. The van der Waals surface area contributed by atoms with Crippen LogP contribution >= 0.6 is 0 Å². The van der Waals surface area contributed by atoms with E-state index in [0.29, 0.717) is 43.0 Å². The zero-order chi connectivity index (χ0) is 27.5. The number of aliphatic hydroxyl groups excluding tert-OH is 1. The Labute approximate surface area is 226 Å².